The van der Waals surface area contributed by atoms with Crippen LogP contribution in [0.4, 0.5) is 0 Å². The number of fused-ring (bicyclic) bond motifs is 2. The third kappa shape index (κ3) is 1.78. The van der Waals surface area contributed by atoms with Gasteiger partial charge in [0.2, 0.25) is 0 Å². The molecule has 0 aromatic rings. The summed E-state index contributed by atoms with van der Waals surface area (Å²) in [4.78, 5) is 12.2. The summed E-state index contributed by atoms with van der Waals surface area (Å²) in [6.07, 6.45) is 8.13. The Bertz CT molecular complexity index is 428. The van der Waals surface area contributed by atoms with Crippen molar-refractivity contribution in [3.8, 4) is 0 Å². The van der Waals surface area contributed by atoms with Gasteiger partial charge in [-0.1, -0.05) is 32.9 Å². The van der Waals surface area contributed by atoms with E-state index in [9.17, 15) is 4.79 Å². The molecule has 3 heteroatoms. The van der Waals surface area contributed by atoms with Crippen LogP contribution in [0.15, 0.2) is 12.2 Å². The van der Waals surface area contributed by atoms with Gasteiger partial charge in [-0.2, -0.15) is 0 Å². The molecule has 3 aliphatic rings. The zero-order chi connectivity index (χ0) is 13.8. The fourth-order valence-corrected chi connectivity index (χ4v) is 4.44. The molecule has 0 aliphatic heterocycles. The maximum atomic E-state index is 12.2. The third-order valence-electron chi connectivity index (χ3n) is 6.39. The molecule has 3 rings (SSSR count). The lowest BCUT2D eigenvalue weighted by molar-refractivity contribution is -0.160. The summed E-state index contributed by atoms with van der Waals surface area (Å²) >= 11 is 0. The van der Waals surface area contributed by atoms with Crippen LogP contribution in [-0.2, 0) is 9.53 Å². The molecule has 5 atom stereocenters. The highest BCUT2D eigenvalue weighted by atomic mass is 16.5. The molecule has 3 aliphatic carbocycles. The summed E-state index contributed by atoms with van der Waals surface area (Å²) in [6.45, 7) is 6.97. The summed E-state index contributed by atoms with van der Waals surface area (Å²) in [6, 6.07) is 0.0182. The quantitative estimate of drug-likeness (QED) is 0.615. The summed E-state index contributed by atoms with van der Waals surface area (Å²) in [5.74, 6) is 0.510. The molecule has 5 unspecified atom stereocenters. The van der Waals surface area contributed by atoms with E-state index in [0.29, 0.717) is 17.8 Å². The molecule has 0 aromatic heterocycles. The van der Waals surface area contributed by atoms with Crippen molar-refractivity contribution in [3.63, 3.8) is 0 Å². The topological polar surface area (TPSA) is 52.3 Å². The number of carbonyl (C=O) groups is 1. The van der Waals surface area contributed by atoms with Gasteiger partial charge in [0.25, 0.3) is 0 Å². The fraction of sp³-hybridized carbons (Fsp3) is 0.812. The van der Waals surface area contributed by atoms with E-state index < -0.39 is 0 Å². The standard InChI is InChI=1S/C16H25NO2/c1-15(2)11-6-7-16(15,3)13(9-11)19-14(18)10-4-5-12(17)8-10/h4-5,10-13H,6-9,17H2,1-3H3. The first-order valence-electron chi connectivity index (χ1n) is 7.49. The van der Waals surface area contributed by atoms with Crippen LogP contribution in [0.3, 0.4) is 0 Å². The largest absolute Gasteiger partial charge is 0.461 e. The second kappa shape index (κ2) is 4.08. The second-order valence-corrected chi connectivity index (χ2v) is 7.43. The van der Waals surface area contributed by atoms with Crippen molar-refractivity contribution in [1.82, 2.24) is 0 Å². The monoisotopic (exact) mass is 263 g/mol. The Morgan fingerprint density at radius 3 is 2.47 bits per heavy atom. The zero-order valence-electron chi connectivity index (χ0n) is 12.2. The Labute approximate surface area is 115 Å². The van der Waals surface area contributed by atoms with Gasteiger partial charge in [0, 0.05) is 11.5 Å². The van der Waals surface area contributed by atoms with Crippen molar-refractivity contribution >= 4 is 5.97 Å². The fourth-order valence-electron chi connectivity index (χ4n) is 4.44. The number of nitrogens with two attached hydrogens (primary N) is 1. The molecule has 0 saturated heterocycles. The molecule has 2 fully saturated rings. The Kier molecular flexibility index (Phi) is 2.83. The SMILES string of the molecule is CC1(C)C2CCC1(C)C(OC(=O)C1C=CC(N)C1)C2. The van der Waals surface area contributed by atoms with Crippen LogP contribution in [0.1, 0.15) is 46.5 Å². The van der Waals surface area contributed by atoms with Crippen molar-refractivity contribution in [1.29, 1.82) is 0 Å². The molecule has 0 aromatic carbocycles. The summed E-state index contributed by atoms with van der Waals surface area (Å²) < 4.78 is 5.87. The summed E-state index contributed by atoms with van der Waals surface area (Å²) in [7, 11) is 0. The predicted octanol–water partition coefficient (Wildman–Crippen LogP) is 2.65. The van der Waals surface area contributed by atoms with Crippen molar-refractivity contribution in [2.45, 2.75) is 58.6 Å². The van der Waals surface area contributed by atoms with Crippen LogP contribution in [0.25, 0.3) is 0 Å². The summed E-state index contributed by atoms with van der Waals surface area (Å²) in [5.41, 5.74) is 6.25. The van der Waals surface area contributed by atoms with Crippen LogP contribution < -0.4 is 5.73 Å². The van der Waals surface area contributed by atoms with Gasteiger partial charge in [-0.05, 0) is 37.0 Å². The van der Waals surface area contributed by atoms with Crippen LogP contribution in [-0.4, -0.2) is 18.1 Å². The van der Waals surface area contributed by atoms with Gasteiger partial charge in [0.1, 0.15) is 6.10 Å². The molecule has 2 saturated carbocycles. The Balaban J connectivity index is 1.69. The lowest BCUT2D eigenvalue weighted by Gasteiger charge is -2.38. The number of rotatable bonds is 2. The highest BCUT2D eigenvalue weighted by molar-refractivity contribution is 5.75. The number of ether oxygens (including phenoxy) is 1. The van der Waals surface area contributed by atoms with Gasteiger partial charge in [-0.25, -0.2) is 0 Å². The van der Waals surface area contributed by atoms with Crippen LogP contribution in [0.2, 0.25) is 0 Å². The van der Waals surface area contributed by atoms with Crippen LogP contribution >= 0.6 is 0 Å². The number of esters is 1. The number of hydrogen-bond acceptors (Lipinski definition) is 3. The third-order valence-corrected chi connectivity index (χ3v) is 6.39. The maximum absolute atomic E-state index is 12.2. The first-order valence-corrected chi connectivity index (χ1v) is 7.49. The Hall–Kier alpha value is -0.830. The lowest BCUT2D eigenvalue weighted by Crippen LogP contribution is -2.39. The van der Waals surface area contributed by atoms with Gasteiger partial charge in [0.05, 0.1) is 5.92 Å². The van der Waals surface area contributed by atoms with Gasteiger partial charge >= 0.3 is 5.97 Å². The minimum atomic E-state index is -0.124. The molecule has 0 amide bonds. The molecule has 0 radical (unpaired) electrons. The van der Waals surface area contributed by atoms with Crippen molar-refractivity contribution < 1.29 is 9.53 Å². The number of hydrogen-bond donors (Lipinski definition) is 1. The Morgan fingerprint density at radius 1 is 1.26 bits per heavy atom. The minimum Gasteiger partial charge on any atom is -0.461 e. The first kappa shape index (κ1) is 13.2. The minimum absolute atomic E-state index is 0.0182. The van der Waals surface area contributed by atoms with E-state index in [2.05, 4.69) is 20.8 Å². The average Bonchev–Trinajstić information content (AvgIpc) is 2.91. The molecule has 2 bridgehead atoms. The molecular weight excluding hydrogens is 238 g/mol. The van der Waals surface area contributed by atoms with E-state index >= 15 is 0 Å². The van der Waals surface area contributed by atoms with Crippen molar-refractivity contribution in [3.05, 3.63) is 12.2 Å². The van der Waals surface area contributed by atoms with Gasteiger partial charge < -0.3 is 10.5 Å². The van der Waals surface area contributed by atoms with Gasteiger partial charge in [-0.3, -0.25) is 4.79 Å². The maximum Gasteiger partial charge on any atom is 0.313 e. The van der Waals surface area contributed by atoms with Crippen molar-refractivity contribution in [2.75, 3.05) is 0 Å². The summed E-state index contributed by atoms with van der Waals surface area (Å²) in [5, 5.41) is 0. The van der Waals surface area contributed by atoms with Crippen LogP contribution in [0, 0.1) is 22.7 Å². The smallest absolute Gasteiger partial charge is 0.313 e. The average molecular weight is 263 g/mol. The number of carbonyl (C=O) groups excluding carboxylic acids is 1. The van der Waals surface area contributed by atoms with E-state index in [1.54, 1.807) is 0 Å². The lowest BCUT2D eigenvalue weighted by atomic mass is 9.70. The molecular formula is C16H25NO2. The van der Waals surface area contributed by atoms with E-state index in [-0.39, 0.29) is 29.4 Å². The van der Waals surface area contributed by atoms with Crippen molar-refractivity contribution in [2.24, 2.45) is 28.4 Å². The molecule has 0 heterocycles. The second-order valence-electron chi connectivity index (χ2n) is 7.43. The zero-order valence-corrected chi connectivity index (χ0v) is 12.2. The van der Waals surface area contributed by atoms with Crippen LogP contribution in [0.5, 0.6) is 0 Å². The molecule has 2 N–H and O–H groups in total. The van der Waals surface area contributed by atoms with E-state index in [4.69, 9.17) is 10.5 Å². The normalized spacial score (nSPS) is 46.7. The van der Waals surface area contributed by atoms with Gasteiger partial charge in [0.15, 0.2) is 0 Å². The molecule has 106 valence electrons. The Morgan fingerprint density at radius 2 is 2.00 bits per heavy atom. The molecule has 3 nitrogen and oxygen atoms in total. The highest BCUT2D eigenvalue weighted by Gasteiger charge is 2.63. The van der Waals surface area contributed by atoms with E-state index in [0.717, 1.165) is 6.42 Å². The molecule has 19 heavy (non-hydrogen) atoms. The van der Waals surface area contributed by atoms with E-state index in [1.165, 1.54) is 12.8 Å². The highest BCUT2D eigenvalue weighted by Crippen LogP contribution is 2.66. The first-order chi connectivity index (χ1) is 8.84. The van der Waals surface area contributed by atoms with E-state index in [1.807, 2.05) is 12.2 Å². The molecule has 0 spiro atoms. The van der Waals surface area contributed by atoms with Gasteiger partial charge in [-0.15, -0.1) is 0 Å². The predicted molar refractivity (Wildman–Crippen MR) is 74.3 cm³/mol.